The van der Waals surface area contributed by atoms with Gasteiger partial charge in [0.1, 0.15) is 11.6 Å². The molecular formula is C38H49ClN4O4S. The number of aromatic nitrogens is 2. The number of aliphatic hydroxyl groups is 1. The number of nitrogens with one attached hydrogen (secondary N) is 1. The number of halogens is 1. The first kappa shape index (κ1) is 33.5. The molecule has 258 valence electrons. The molecule has 1 amide bonds. The van der Waals surface area contributed by atoms with Crippen molar-refractivity contribution in [1.82, 2.24) is 14.3 Å². The topological polar surface area (TPSA) is 96.7 Å². The molecule has 3 aromatic rings. The number of amides is 1. The Morgan fingerprint density at radius 3 is 2.73 bits per heavy atom. The van der Waals surface area contributed by atoms with Gasteiger partial charge in [-0.1, -0.05) is 31.0 Å². The summed E-state index contributed by atoms with van der Waals surface area (Å²) in [4.78, 5) is 20.6. The van der Waals surface area contributed by atoms with Crippen LogP contribution in [0.2, 0.25) is 5.02 Å². The summed E-state index contributed by atoms with van der Waals surface area (Å²) in [5.41, 5.74) is 2.69. The summed E-state index contributed by atoms with van der Waals surface area (Å²) in [6.45, 7) is 8.45. The van der Waals surface area contributed by atoms with E-state index in [-0.39, 0.29) is 34.3 Å². The van der Waals surface area contributed by atoms with Gasteiger partial charge in [-0.25, -0.2) is 9.19 Å². The zero-order chi connectivity index (χ0) is 33.8. The van der Waals surface area contributed by atoms with Crippen LogP contribution in [0.15, 0.2) is 48.8 Å². The highest BCUT2D eigenvalue weighted by Gasteiger charge is 2.49. The van der Waals surface area contributed by atoms with Crippen LogP contribution in [0.25, 0.3) is 0 Å². The number of anilines is 1. The van der Waals surface area contributed by atoms with Crippen LogP contribution in [0.1, 0.15) is 86.1 Å². The molecule has 1 unspecified atom stereocenters. The van der Waals surface area contributed by atoms with Gasteiger partial charge in [0.25, 0.3) is 5.91 Å². The first-order chi connectivity index (χ1) is 22.9. The number of carbonyl (C=O) groups excluding carboxylic acids is 1. The summed E-state index contributed by atoms with van der Waals surface area (Å²) in [5, 5.41) is 13.1. The number of fused-ring (bicyclic) bond motifs is 4. The monoisotopic (exact) mass is 692 g/mol. The SMILES string of the molecule is C=S1(=O)NC(=O)c2ccc3c(c2)N(C[C@@H]2CC[C@H]2[C@@](O)(Cn2ccnc2C)CCC[C@H](C)[C@H]1C)C[C@@]1(CCCc2cc(Cl)ccc21)CO3. The third kappa shape index (κ3) is 6.15. The van der Waals surface area contributed by atoms with Crippen LogP contribution in [0.3, 0.4) is 0 Å². The Labute approximate surface area is 290 Å². The van der Waals surface area contributed by atoms with Crippen molar-refractivity contribution in [1.29, 1.82) is 0 Å². The highest BCUT2D eigenvalue weighted by molar-refractivity contribution is 7.99. The van der Waals surface area contributed by atoms with Gasteiger partial charge >= 0.3 is 0 Å². The first-order valence-electron chi connectivity index (χ1n) is 17.6. The molecular weight excluding hydrogens is 644 g/mol. The number of hydrogen-bond donors (Lipinski definition) is 2. The minimum Gasteiger partial charge on any atom is -0.490 e. The first-order valence-corrected chi connectivity index (χ1v) is 19.7. The van der Waals surface area contributed by atoms with E-state index in [1.54, 1.807) is 12.3 Å². The zero-order valence-corrected chi connectivity index (χ0v) is 30.0. The summed E-state index contributed by atoms with van der Waals surface area (Å²) >= 11 is 6.47. The molecule has 1 spiro atoms. The molecule has 1 aromatic heterocycles. The maximum atomic E-state index is 13.9. The minimum atomic E-state index is -2.95. The molecule has 10 heteroatoms. The maximum absolute atomic E-state index is 13.9. The average molecular weight is 693 g/mol. The third-order valence-electron chi connectivity index (χ3n) is 12.2. The van der Waals surface area contributed by atoms with E-state index < -0.39 is 15.3 Å². The molecule has 7 atom stereocenters. The fourth-order valence-corrected chi connectivity index (χ4v) is 10.6. The van der Waals surface area contributed by atoms with Crippen molar-refractivity contribution >= 4 is 38.8 Å². The van der Waals surface area contributed by atoms with Crippen molar-refractivity contribution in [3.63, 3.8) is 0 Å². The predicted octanol–water partition coefficient (Wildman–Crippen LogP) is 6.35. The number of nitrogens with zero attached hydrogens (tertiary/aromatic N) is 3. The van der Waals surface area contributed by atoms with Crippen LogP contribution in [0.4, 0.5) is 5.69 Å². The van der Waals surface area contributed by atoms with Crippen LogP contribution in [-0.4, -0.2) is 61.2 Å². The Morgan fingerprint density at radius 1 is 1.15 bits per heavy atom. The summed E-state index contributed by atoms with van der Waals surface area (Å²) < 4.78 is 25.5. The molecule has 2 bridgehead atoms. The number of rotatable bonds is 2. The zero-order valence-electron chi connectivity index (χ0n) is 28.4. The molecule has 4 aliphatic rings. The van der Waals surface area contributed by atoms with Crippen molar-refractivity contribution in [3.8, 4) is 5.75 Å². The molecule has 0 saturated heterocycles. The molecule has 3 heterocycles. The summed E-state index contributed by atoms with van der Waals surface area (Å²) in [6.07, 6.45) is 11.0. The normalized spacial score (nSPS) is 33.9. The largest absolute Gasteiger partial charge is 0.490 e. The average Bonchev–Trinajstić information content (AvgIpc) is 3.35. The lowest BCUT2D eigenvalue weighted by atomic mass is 9.62. The molecule has 8 nitrogen and oxygen atoms in total. The Balaban J connectivity index is 1.31. The van der Waals surface area contributed by atoms with E-state index in [4.69, 9.17) is 16.3 Å². The van der Waals surface area contributed by atoms with Crippen molar-refractivity contribution in [2.45, 2.75) is 94.9 Å². The second-order valence-electron chi connectivity index (χ2n) is 15.2. The number of carbonyl (C=O) groups is 1. The fourth-order valence-electron chi connectivity index (χ4n) is 8.93. The summed E-state index contributed by atoms with van der Waals surface area (Å²) in [7, 11) is -2.95. The Hall–Kier alpha value is -3.01. The van der Waals surface area contributed by atoms with Crippen molar-refractivity contribution in [2.75, 3.05) is 24.6 Å². The second-order valence-corrected chi connectivity index (χ2v) is 18.0. The van der Waals surface area contributed by atoms with Crippen molar-refractivity contribution in [2.24, 2.45) is 17.8 Å². The van der Waals surface area contributed by atoms with Gasteiger partial charge in [0.2, 0.25) is 0 Å². The molecule has 2 N–H and O–H groups in total. The van der Waals surface area contributed by atoms with Crippen LogP contribution < -0.4 is 14.4 Å². The lowest BCUT2D eigenvalue weighted by Crippen LogP contribution is -2.54. The van der Waals surface area contributed by atoms with E-state index in [1.165, 1.54) is 11.1 Å². The van der Waals surface area contributed by atoms with E-state index in [9.17, 15) is 14.1 Å². The minimum absolute atomic E-state index is 0.0417. The number of aryl methyl sites for hydroxylation is 2. The second kappa shape index (κ2) is 12.7. The fraction of sp³-hybridized carbons (Fsp3) is 0.553. The Kier molecular flexibility index (Phi) is 8.86. The molecule has 1 saturated carbocycles. The number of hydrogen-bond acceptors (Lipinski definition) is 6. The van der Waals surface area contributed by atoms with Gasteiger partial charge in [-0.3, -0.25) is 9.52 Å². The van der Waals surface area contributed by atoms with Crippen LogP contribution in [0.5, 0.6) is 5.75 Å². The Morgan fingerprint density at radius 2 is 1.98 bits per heavy atom. The van der Waals surface area contributed by atoms with Crippen LogP contribution >= 0.6 is 11.6 Å². The van der Waals surface area contributed by atoms with Gasteiger partial charge in [-0.15, -0.1) is 0 Å². The van der Waals surface area contributed by atoms with Gasteiger partial charge in [-0.2, -0.15) is 0 Å². The smallest absolute Gasteiger partial charge is 0.262 e. The quantitative estimate of drug-likeness (QED) is 0.304. The lowest BCUT2D eigenvalue weighted by Gasteiger charge is -2.50. The molecule has 2 aliphatic heterocycles. The molecule has 48 heavy (non-hydrogen) atoms. The number of benzene rings is 2. The standard InChI is InChI=1S/C38H49ClN4O4S/c1-25-7-5-16-38(45,23-42-18-17-40-27(42)3)33-12-9-30(33)21-43-22-37(15-6-8-28-19-31(39)11-13-32(28)37)24-47-35-14-10-29(20-34(35)43)36(44)41-48(4,46)26(25)2/h10-11,13-14,17-20,25-26,30,33,45H,4-9,12,15-16,21-24H2,1-3H3,(H,41,44,46)/t25-,26+,30-,33+,37-,38-,48?/m0/s1. The van der Waals surface area contributed by atoms with Crippen LogP contribution in [0, 0.1) is 24.7 Å². The highest BCUT2D eigenvalue weighted by Crippen LogP contribution is 2.49. The highest BCUT2D eigenvalue weighted by atomic mass is 35.5. The molecule has 1 fully saturated rings. The molecule has 2 aliphatic carbocycles. The van der Waals surface area contributed by atoms with E-state index in [2.05, 4.69) is 44.1 Å². The third-order valence-corrected chi connectivity index (χ3v) is 14.6. The Bertz CT molecular complexity index is 1810. The predicted molar refractivity (Wildman–Crippen MR) is 194 cm³/mol. The van der Waals surface area contributed by atoms with Gasteiger partial charge in [0, 0.05) is 46.7 Å². The van der Waals surface area contributed by atoms with Crippen LogP contribution in [-0.2, 0) is 28.1 Å². The van der Waals surface area contributed by atoms with E-state index >= 15 is 0 Å². The van der Waals surface area contributed by atoms with Crippen molar-refractivity contribution < 1.29 is 18.8 Å². The van der Waals surface area contributed by atoms with E-state index in [1.807, 2.05) is 38.2 Å². The van der Waals surface area contributed by atoms with Gasteiger partial charge in [-0.05, 0) is 124 Å². The van der Waals surface area contributed by atoms with Gasteiger partial charge in [0.05, 0.1) is 34.1 Å². The summed E-state index contributed by atoms with van der Waals surface area (Å²) in [6, 6.07) is 11.8. The summed E-state index contributed by atoms with van der Waals surface area (Å²) in [5.74, 6) is 5.68. The van der Waals surface area contributed by atoms with Crippen molar-refractivity contribution in [3.05, 3.63) is 76.3 Å². The number of ether oxygens (including phenoxy) is 1. The van der Waals surface area contributed by atoms with E-state index in [0.717, 1.165) is 80.3 Å². The molecule has 2 aromatic carbocycles. The lowest BCUT2D eigenvalue weighted by molar-refractivity contribution is -0.0995. The number of imidazole rings is 1. The molecule has 7 rings (SSSR count). The maximum Gasteiger partial charge on any atom is 0.262 e. The van der Waals surface area contributed by atoms with Gasteiger partial charge < -0.3 is 19.3 Å². The van der Waals surface area contributed by atoms with E-state index in [0.29, 0.717) is 25.1 Å². The molecule has 0 radical (unpaired) electrons. The van der Waals surface area contributed by atoms with Gasteiger partial charge in [0.15, 0.2) is 0 Å².